The van der Waals surface area contributed by atoms with Gasteiger partial charge in [0.05, 0.1) is 11.5 Å². The third kappa shape index (κ3) is 2.92. The molecule has 1 atom stereocenters. The normalized spacial score (nSPS) is 20.3. The minimum atomic E-state index is -1.52. The van der Waals surface area contributed by atoms with Crippen LogP contribution in [0.3, 0.4) is 0 Å². The molecule has 1 aromatic rings. The molecule has 1 unspecified atom stereocenters. The molecule has 1 aromatic heterocycles. The summed E-state index contributed by atoms with van der Waals surface area (Å²) in [6.45, 7) is 4.38. The zero-order chi connectivity index (χ0) is 18.2. The quantitative estimate of drug-likeness (QED) is 0.619. The fourth-order valence-electron chi connectivity index (χ4n) is 3.01. The predicted octanol–water partition coefficient (Wildman–Crippen LogP) is 1.84. The Bertz CT molecular complexity index is 804. The van der Waals surface area contributed by atoms with Gasteiger partial charge >= 0.3 is 17.6 Å². The summed E-state index contributed by atoms with van der Waals surface area (Å²) in [5, 5.41) is 34.1. The minimum absolute atomic E-state index is 0.0200. The van der Waals surface area contributed by atoms with Crippen molar-refractivity contribution in [2.24, 2.45) is 5.41 Å². The first kappa shape index (κ1) is 17.4. The summed E-state index contributed by atoms with van der Waals surface area (Å²) < 4.78 is 1.26. The second-order valence-electron chi connectivity index (χ2n) is 5.94. The summed E-state index contributed by atoms with van der Waals surface area (Å²) in [4.78, 5) is 33.7. The van der Waals surface area contributed by atoms with Crippen molar-refractivity contribution in [3.63, 3.8) is 0 Å². The molecule has 0 spiro atoms. The molecular formula is C15H17N3O6. The average molecular weight is 335 g/mol. The van der Waals surface area contributed by atoms with Crippen molar-refractivity contribution in [1.82, 2.24) is 9.78 Å². The molecule has 0 amide bonds. The van der Waals surface area contributed by atoms with Crippen LogP contribution in [0, 0.1) is 29.4 Å². The second kappa shape index (κ2) is 5.91. The molecule has 9 nitrogen and oxygen atoms in total. The molecule has 0 radical (unpaired) electrons. The number of hydrogen-bond donors (Lipinski definition) is 2. The zero-order valence-electron chi connectivity index (χ0n) is 13.4. The molecule has 24 heavy (non-hydrogen) atoms. The van der Waals surface area contributed by atoms with Crippen LogP contribution in [0.2, 0.25) is 0 Å². The number of carboxylic acid groups (broad SMARTS) is 2. The van der Waals surface area contributed by atoms with Gasteiger partial charge in [-0.3, -0.25) is 19.6 Å². The van der Waals surface area contributed by atoms with Crippen LogP contribution < -0.4 is 0 Å². The van der Waals surface area contributed by atoms with Gasteiger partial charge in [-0.15, -0.1) is 0 Å². The Hall–Kier alpha value is -2.97. The third-order valence-corrected chi connectivity index (χ3v) is 4.07. The van der Waals surface area contributed by atoms with Crippen LogP contribution >= 0.6 is 0 Å². The number of aromatic nitrogens is 2. The molecule has 0 aliphatic heterocycles. The van der Waals surface area contributed by atoms with Gasteiger partial charge < -0.3 is 10.2 Å². The lowest BCUT2D eigenvalue weighted by atomic mass is 9.76. The maximum Gasteiger partial charge on any atom is 0.331 e. The first-order valence-electron chi connectivity index (χ1n) is 7.12. The Morgan fingerprint density at radius 2 is 2.00 bits per heavy atom. The first-order valence-corrected chi connectivity index (χ1v) is 7.12. The van der Waals surface area contributed by atoms with Crippen molar-refractivity contribution in [3.8, 4) is 0 Å². The topological polar surface area (TPSA) is 136 Å². The van der Waals surface area contributed by atoms with E-state index in [0.717, 1.165) is 0 Å². The lowest BCUT2D eigenvalue weighted by Crippen LogP contribution is -2.37. The van der Waals surface area contributed by atoms with E-state index < -0.39 is 22.3 Å². The molecule has 0 fully saturated rings. The Labute approximate surface area is 137 Å². The third-order valence-electron chi connectivity index (χ3n) is 4.07. The molecule has 2 rings (SSSR count). The molecule has 0 aromatic carbocycles. The van der Waals surface area contributed by atoms with Gasteiger partial charge in [0, 0.05) is 12.0 Å². The standard InChI is InChI=1S/C15H17N3O6/c1-8-4-11(13(19)20)6-15(5-8,14(21)22)7-17-10(3)12(18(23)24)9(2)16-17/h4-5H,6-7H2,1-3H3,(H,19,20)(H,21,22). The SMILES string of the molecule is CC1=CC(Cn2nc(C)c([N+](=O)[O-])c2C)(C(=O)O)CC(C(=O)O)=C1. The van der Waals surface area contributed by atoms with Crippen LogP contribution in [-0.4, -0.2) is 36.9 Å². The first-order chi connectivity index (χ1) is 11.1. The number of allylic oxidation sites excluding steroid dienone is 2. The summed E-state index contributed by atoms with van der Waals surface area (Å²) in [6, 6.07) is 0. The number of rotatable bonds is 5. The van der Waals surface area contributed by atoms with Crippen molar-refractivity contribution < 1.29 is 24.7 Å². The van der Waals surface area contributed by atoms with Crippen LogP contribution in [0.15, 0.2) is 23.3 Å². The van der Waals surface area contributed by atoms with E-state index in [-0.39, 0.29) is 35.6 Å². The molecule has 9 heteroatoms. The lowest BCUT2D eigenvalue weighted by molar-refractivity contribution is -0.386. The van der Waals surface area contributed by atoms with E-state index in [1.54, 1.807) is 6.92 Å². The van der Waals surface area contributed by atoms with Crippen molar-refractivity contribution in [3.05, 3.63) is 44.8 Å². The number of carbonyl (C=O) groups is 2. The molecule has 0 saturated heterocycles. The largest absolute Gasteiger partial charge is 0.481 e. The number of carboxylic acids is 2. The van der Waals surface area contributed by atoms with Crippen molar-refractivity contribution in [2.75, 3.05) is 0 Å². The molecule has 0 bridgehead atoms. The summed E-state index contributed by atoms with van der Waals surface area (Å²) in [6.07, 6.45) is 2.68. The van der Waals surface area contributed by atoms with Crippen LogP contribution in [-0.2, 0) is 16.1 Å². The highest BCUT2D eigenvalue weighted by atomic mass is 16.6. The zero-order valence-corrected chi connectivity index (χ0v) is 13.4. The summed E-state index contributed by atoms with van der Waals surface area (Å²) in [5.74, 6) is -2.39. The summed E-state index contributed by atoms with van der Waals surface area (Å²) >= 11 is 0. The van der Waals surface area contributed by atoms with Crippen molar-refractivity contribution in [2.45, 2.75) is 33.7 Å². The Kier molecular flexibility index (Phi) is 4.28. The van der Waals surface area contributed by atoms with Gasteiger partial charge in [-0.25, -0.2) is 4.79 Å². The number of nitro groups is 1. The van der Waals surface area contributed by atoms with Gasteiger partial charge in [-0.1, -0.05) is 11.6 Å². The fourth-order valence-corrected chi connectivity index (χ4v) is 3.01. The molecule has 2 N–H and O–H groups in total. The van der Waals surface area contributed by atoms with E-state index >= 15 is 0 Å². The lowest BCUT2D eigenvalue weighted by Gasteiger charge is -2.30. The Morgan fingerprint density at radius 3 is 2.46 bits per heavy atom. The van der Waals surface area contributed by atoms with Gasteiger partial charge in [0.1, 0.15) is 16.8 Å². The molecular weight excluding hydrogens is 318 g/mol. The van der Waals surface area contributed by atoms with Crippen LogP contribution in [0.25, 0.3) is 0 Å². The Balaban J connectivity index is 2.50. The maximum atomic E-state index is 11.9. The molecule has 1 aliphatic rings. The second-order valence-corrected chi connectivity index (χ2v) is 5.94. The van der Waals surface area contributed by atoms with Gasteiger partial charge in [0.25, 0.3) is 0 Å². The van der Waals surface area contributed by atoms with Gasteiger partial charge in [0.2, 0.25) is 0 Å². The van der Waals surface area contributed by atoms with Gasteiger partial charge in [-0.2, -0.15) is 5.10 Å². The van der Waals surface area contributed by atoms with E-state index in [0.29, 0.717) is 5.57 Å². The van der Waals surface area contributed by atoms with Crippen LogP contribution in [0.4, 0.5) is 5.69 Å². The van der Waals surface area contributed by atoms with Gasteiger partial charge in [0.15, 0.2) is 0 Å². The highest BCUT2D eigenvalue weighted by molar-refractivity contribution is 5.90. The predicted molar refractivity (Wildman–Crippen MR) is 82.5 cm³/mol. The molecule has 1 aliphatic carbocycles. The van der Waals surface area contributed by atoms with E-state index in [1.807, 2.05) is 0 Å². The average Bonchev–Trinajstić information content (AvgIpc) is 2.72. The monoisotopic (exact) mass is 335 g/mol. The number of aliphatic carboxylic acids is 2. The summed E-state index contributed by atoms with van der Waals surface area (Å²) in [7, 11) is 0. The summed E-state index contributed by atoms with van der Waals surface area (Å²) in [5.41, 5.74) is -0.783. The number of nitrogens with zero attached hydrogens (tertiary/aromatic N) is 3. The molecule has 128 valence electrons. The van der Waals surface area contributed by atoms with Crippen LogP contribution in [0.5, 0.6) is 0 Å². The Morgan fingerprint density at radius 1 is 1.38 bits per heavy atom. The molecule has 0 saturated carbocycles. The fraction of sp³-hybridized carbons (Fsp3) is 0.400. The van der Waals surface area contributed by atoms with Gasteiger partial charge in [-0.05, 0) is 26.8 Å². The van der Waals surface area contributed by atoms with Crippen molar-refractivity contribution >= 4 is 17.6 Å². The maximum absolute atomic E-state index is 11.9. The number of hydrogen-bond acceptors (Lipinski definition) is 5. The van der Waals surface area contributed by atoms with Crippen molar-refractivity contribution in [1.29, 1.82) is 0 Å². The van der Waals surface area contributed by atoms with E-state index in [2.05, 4.69) is 5.10 Å². The number of aryl methyl sites for hydroxylation is 1. The highest BCUT2D eigenvalue weighted by Crippen LogP contribution is 2.37. The van der Waals surface area contributed by atoms with E-state index in [9.17, 15) is 29.9 Å². The minimum Gasteiger partial charge on any atom is -0.481 e. The van der Waals surface area contributed by atoms with Crippen LogP contribution in [0.1, 0.15) is 24.7 Å². The smallest absolute Gasteiger partial charge is 0.331 e. The van der Waals surface area contributed by atoms with E-state index in [1.165, 1.54) is 30.7 Å². The highest BCUT2D eigenvalue weighted by Gasteiger charge is 2.42. The van der Waals surface area contributed by atoms with E-state index in [4.69, 9.17) is 0 Å². The molecule has 1 heterocycles.